The maximum atomic E-state index is 11.1. The number of hydrogen-bond donors (Lipinski definition) is 0. The molecule has 0 fully saturated rings. The molecule has 6 aromatic carbocycles. The summed E-state index contributed by atoms with van der Waals surface area (Å²) in [5.41, 5.74) is 12.5. The van der Waals surface area contributed by atoms with Gasteiger partial charge in [-0.3, -0.25) is 0 Å². The van der Waals surface area contributed by atoms with Crippen molar-refractivity contribution in [1.29, 1.82) is 5.26 Å². The summed E-state index contributed by atoms with van der Waals surface area (Å²) in [6.45, 7) is 24.0. The van der Waals surface area contributed by atoms with Crippen molar-refractivity contribution in [1.82, 2.24) is 0 Å². The van der Waals surface area contributed by atoms with Gasteiger partial charge in [0.05, 0.1) is 22.2 Å². The number of anilines is 2. The third kappa shape index (κ3) is 22.7. The molecule has 104 heavy (non-hydrogen) atoms. The van der Waals surface area contributed by atoms with Gasteiger partial charge in [0.25, 0.3) is 0 Å². The topological polar surface area (TPSA) is 59.4 Å². The number of benzene rings is 6. The summed E-state index contributed by atoms with van der Waals surface area (Å²) in [6, 6.07) is 41.9. The maximum Gasteiger partial charge on any atom is 0.206 e. The van der Waals surface area contributed by atoms with Gasteiger partial charge in [-0.1, -0.05) is 327 Å². The standard InChI is InChI=1S/C96H130N6S2/c1-8-12-16-20-24-28-32-36-40-44-48-75(49-45-41-37-33-29-25-21-17-13-9-2)70-101-86-64-73(5)52-59-85(86)94(100-98-7)96(101)95-93(99-72-97)84-60-58-77(69-87(84)102(95)71-76(50-46-42-38-34-30-26-22-18-14-10-3)51-47-43-39-35-31-27-23-19-15-11-4)88-62-63-90(104-88)83-67-80-56-54-78-65-82(89-61-53-74(6)103-89)66-79-55-57-81(68-83)92(80)91(78)79/h52-69,75-76H,8-51,70-71H2,1-6H3/b96-95+,99-93+,100-94+. The predicted octanol–water partition coefficient (Wildman–Crippen LogP) is 31.2. The maximum absolute atomic E-state index is 11.1. The largest absolute Gasteiger partial charge is 0.337 e. The lowest BCUT2D eigenvalue weighted by atomic mass is 9.91. The molecular weight excluding hydrogens is 1300 g/mol. The van der Waals surface area contributed by atoms with Crippen molar-refractivity contribution in [2.75, 3.05) is 22.9 Å². The van der Waals surface area contributed by atoms with Crippen molar-refractivity contribution < 1.29 is 0 Å². The summed E-state index contributed by atoms with van der Waals surface area (Å²) in [4.78, 5) is 19.3. The molecule has 8 aromatic rings. The quantitative estimate of drug-likeness (QED) is 0.0125. The molecule has 0 spiro atoms. The molecule has 0 aliphatic carbocycles. The number of aryl methyl sites for hydroxylation is 2. The van der Waals surface area contributed by atoms with Gasteiger partial charge in [-0.15, -0.1) is 27.6 Å². The lowest BCUT2D eigenvalue weighted by molar-refractivity contribution is 0.404. The Balaban J connectivity index is 1.01. The van der Waals surface area contributed by atoms with Gasteiger partial charge in [-0.2, -0.15) is 16.8 Å². The Labute approximate surface area is 638 Å². The molecule has 0 saturated heterocycles. The first kappa shape index (κ1) is 80.0. The van der Waals surface area contributed by atoms with Crippen LogP contribution in [0.1, 0.15) is 332 Å². The van der Waals surface area contributed by atoms with E-state index < -0.39 is 0 Å². The van der Waals surface area contributed by atoms with Crippen LogP contribution in [0.3, 0.4) is 0 Å². The van der Waals surface area contributed by atoms with Crippen molar-refractivity contribution in [3.05, 3.63) is 154 Å². The number of aliphatic imine (C=N–C) groups is 1. The number of nitriles is 1. The van der Waals surface area contributed by atoms with E-state index in [0.29, 0.717) is 17.5 Å². The highest BCUT2D eigenvalue weighted by Crippen LogP contribution is 2.49. The van der Waals surface area contributed by atoms with E-state index in [2.05, 4.69) is 172 Å². The zero-order valence-electron chi connectivity index (χ0n) is 65.6. The highest BCUT2D eigenvalue weighted by molar-refractivity contribution is 7.18. The first-order chi connectivity index (χ1) is 51.2. The number of thiophene rings is 2. The zero-order chi connectivity index (χ0) is 72.5. The molecule has 0 unspecified atom stereocenters. The van der Waals surface area contributed by atoms with Crippen molar-refractivity contribution in [3.63, 3.8) is 0 Å². The molecule has 0 amide bonds. The molecule has 6 nitrogen and oxygen atoms in total. The van der Waals surface area contributed by atoms with E-state index in [9.17, 15) is 5.26 Å². The Hall–Kier alpha value is -6.58. The van der Waals surface area contributed by atoms with Crippen LogP contribution < -0.4 is 9.80 Å². The average molecular weight is 1430 g/mol. The average Bonchev–Trinajstić information content (AvgIpc) is 1.50. The fourth-order valence-corrected chi connectivity index (χ4v) is 19.2. The minimum atomic E-state index is 0.421. The summed E-state index contributed by atoms with van der Waals surface area (Å²) in [6.07, 6.45) is 60.3. The Bertz CT molecular complexity index is 3950. The summed E-state index contributed by atoms with van der Waals surface area (Å²) in [7, 11) is 0. The van der Waals surface area contributed by atoms with Crippen LogP contribution in [0.2, 0.25) is 0 Å². The highest BCUT2D eigenvalue weighted by atomic mass is 32.1. The molecule has 4 heterocycles. The first-order valence-corrected chi connectivity index (χ1v) is 44.3. The molecule has 2 aliphatic heterocycles. The fourth-order valence-electron chi connectivity index (χ4n) is 17.3. The van der Waals surface area contributed by atoms with Crippen LogP contribution in [0.25, 0.3) is 68.6 Å². The first-order valence-electron chi connectivity index (χ1n) is 42.6. The Morgan fingerprint density at radius 3 is 1.09 bits per heavy atom. The van der Waals surface area contributed by atoms with Gasteiger partial charge in [0.1, 0.15) is 11.4 Å². The predicted molar refractivity (Wildman–Crippen MR) is 458 cm³/mol. The molecule has 10 rings (SSSR count). The van der Waals surface area contributed by atoms with Crippen molar-refractivity contribution in [2.24, 2.45) is 21.9 Å². The molecule has 8 heteroatoms. The van der Waals surface area contributed by atoms with E-state index in [1.165, 1.54) is 357 Å². The third-order valence-electron chi connectivity index (χ3n) is 23.2. The van der Waals surface area contributed by atoms with Crippen LogP contribution in [-0.2, 0) is 0 Å². The summed E-state index contributed by atoms with van der Waals surface area (Å²) in [5, 5.41) is 23.9. The minimum absolute atomic E-state index is 0.421. The van der Waals surface area contributed by atoms with Crippen LogP contribution >= 0.6 is 22.7 Å². The van der Waals surface area contributed by atoms with Crippen molar-refractivity contribution in [3.8, 4) is 37.5 Å². The van der Waals surface area contributed by atoms with Gasteiger partial charge >= 0.3 is 0 Å². The van der Waals surface area contributed by atoms with Gasteiger partial charge < -0.3 is 9.80 Å². The second-order valence-corrected chi connectivity index (χ2v) is 34.1. The molecule has 0 bridgehead atoms. The number of allylic oxidation sites excluding steroid dienone is 2. The molecule has 0 radical (unpaired) electrons. The summed E-state index contributed by atoms with van der Waals surface area (Å²) >= 11 is 3.74. The molecule has 556 valence electrons. The summed E-state index contributed by atoms with van der Waals surface area (Å²) in [5.74, 6) is 0.871. The number of unbranched alkanes of at least 4 members (excludes halogenated alkanes) is 36. The van der Waals surface area contributed by atoms with Crippen LogP contribution in [-0.4, -0.2) is 24.5 Å². The summed E-state index contributed by atoms with van der Waals surface area (Å²) < 4.78 is 0. The van der Waals surface area contributed by atoms with E-state index in [-0.39, 0.29) is 0 Å². The van der Waals surface area contributed by atoms with E-state index in [1.54, 1.807) is 0 Å². The zero-order valence-corrected chi connectivity index (χ0v) is 67.2. The minimum Gasteiger partial charge on any atom is -0.337 e. The van der Waals surface area contributed by atoms with Crippen LogP contribution in [0.5, 0.6) is 0 Å². The van der Waals surface area contributed by atoms with E-state index >= 15 is 0 Å². The van der Waals surface area contributed by atoms with Crippen LogP contribution in [0, 0.1) is 43.7 Å². The SMILES string of the molecule is [C-]#[N+]/N=C1/C(=C2/C(=N/C#N)c3ccc(-c4ccc(-c5cc6ccc7cc(-c8ccc(C)s8)cc8ccc(c5)c6c78)s4)cc3N2CC(CCCCCCCCCCCC)CCCCCCCCCCCC)N(CC(CCCCCCCCCCCC)CCCCCCCCCCCC)c2cc(C)ccc21. The molecule has 0 atom stereocenters. The molecule has 0 N–H and O–H groups in total. The third-order valence-corrected chi connectivity index (χ3v) is 25.5. The number of fused-ring (bicyclic) bond motifs is 2. The van der Waals surface area contributed by atoms with Gasteiger partial charge in [0.15, 0.2) is 5.71 Å². The van der Waals surface area contributed by atoms with Crippen LogP contribution in [0.4, 0.5) is 11.4 Å². The Kier molecular flexibility index (Phi) is 33.8. The Morgan fingerprint density at radius 2 is 0.712 bits per heavy atom. The number of nitrogens with zero attached hydrogens (tertiary/aromatic N) is 6. The highest BCUT2D eigenvalue weighted by Gasteiger charge is 2.43. The van der Waals surface area contributed by atoms with E-state index in [0.717, 1.165) is 52.7 Å². The van der Waals surface area contributed by atoms with Crippen molar-refractivity contribution >= 4 is 77.8 Å². The second-order valence-electron chi connectivity index (χ2n) is 31.7. The van der Waals surface area contributed by atoms with Crippen LogP contribution in [0.15, 0.2) is 131 Å². The monoisotopic (exact) mass is 1430 g/mol. The van der Waals surface area contributed by atoms with Crippen molar-refractivity contribution in [2.45, 2.75) is 324 Å². The van der Waals surface area contributed by atoms with Gasteiger partial charge in [-0.05, 0) is 173 Å². The van der Waals surface area contributed by atoms with E-state index in [4.69, 9.17) is 16.7 Å². The van der Waals surface area contributed by atoms with Gasteiger partial charge in [0.2, 0.25) is 6.19 Å². The molecule has 2 aromatic heterocycles. The van der Waals surface area contributed by atoms with E-state index in [1.807, 2.05) is 22.7 Å². The number of hydrogen-bond acceptors (Lipinski definition) is 7. The smallest absolute Gasteiger partial charge is 0.206 e. The lowest BCUT2D eigenvalue weighted by Gasteiger charge is -2.32. The normalized spacial score (nSPS) is 14.5. The molecular formula is C96H130N6S2. The van der Waals surface area contributed by atoms with Gasteiger partial charge in [0, 0.05) is 43.7 Å². The van der Waals surface area contributed by atoms with Gasteiger partial charge in [-0.25, -0.2) is 0 Å². The molecule has 0 saturated carbocycles. The Morgan fingerprint density at radius 1 is 0.375 bits per heavy atom. The lowest BCUT2D eigenvalue weighted by Crippen LogP contribution is -2.35. The molecule has 2 aliphatic rings. The fraction of sp³-hybridized carbons (Fsp3) is 0.562. The second kappa shape index (κ2) is 43.9. The number of rotatable bonds is 51.